The van der Waals surface area contributed by atoms with Crippen molar-refractivity contribution in [1.82, 2.24) is 14.9 Å². The van der Waals surface area contributed by atoms with E-state index in [-0.39, 0.29) is 25.2 Å². The number of benzene rings is 1. The first-order chi connectivity index (χ1) is 13.6. The van der Waals surface area contributed by atoms with Crippen molar-refractivity contribution in [2.24, 2.45) is 5.92 Å². The second-order valence-electron chi connectivity index (χ2n) is 7.48. The van der Waals surface area contributed by atoms with Crippen molar-refractivity contribution in [3.8, 4) is 11.5 Å². The number of amides is 1. The van der Waals surface area contributed by atoms with E-state index in [9.17, 15) is 14.7 Å². The van der Waals surface area contributed by atoms with Crippen molar-refractivity contribution in [2.75, 3.05) is 19.9 Å². The normalized spacial score (nSPS) is 23.1. The van der Waals surface area contributed by atoms with E-state index in [0.29, 0.717) is 29.5 Å². The fourth-order valence-electron chi connectivity index (χ4n) is 3.88. The van der Waals surface area contributed by atoms with Gasteiger partial charge >= 0.3 is 5.97 Å². The number of carbonyl (C=O) groups excluding carboxylic acids is 1. The quantitative estimate of drug-likeness (QED) is 0.864. The molecule has 0 spiro atoms. The van der Waals surface area contributed by atoms with Gasteiger partial charge in [0.05, 0.1) is 11.5 Å². The average Bonchev–Trinajstić information content (AvgIpc) is 3.28. The van der Waals surface area contributed by atoms with Crippen molar-refractivity contribution in [1.29, 1.82) is 0 Å². The number of aromatic nitrogens is 2. The standard InChI is InChI=1S/C20H19N3O5/c24-19(13-6-21-18(22-7-13)11-1-2-11)23-8-14(15(9-23)20(25)26)12-3-4-16-17(5-12)28-10-27-16/h3-7,11,14-15H,1-2,8-10H2,(H,25,26)/t14-,15+/m0/s1. The van der Waals surface area contributed by atoms with Gasteiger partial charge in [0.25, 0.3) is 5.91 Å². The van der Waals surface area contributed by atoms with Gasteiger partial charge in [0.15, 0.2) is 11.5 Å². The maximum atomic E-state index is 12.9. The van der Waals surface area contributed by atoms with Gasteiger partial charge in [-0.1, -0.05) is 6.07 Å². The first kappa shape index (κ1) is 17.0. The molecule has 1 aromatic carbocycles. The van der Waals surface area contributed by atoms with Crippen LogP contribution >= 0.6 is 0 Å². The summed E-state index contributed by atoms with van der Waals surface area (Å²) in [6.07, 6.45) is 5.28. The third-order valence-corrected chi connectivity index (χ3v) is 5.61. The third-order valence-electron chi connectivity index (χ3n) is 5.61. The van der Waals surface area contributed by atoms with Crippen LogP contribution in [0.5, 0.6) is 11.5 Å². The van der Waals surface area contributed by atoms with E-state index < -0.39 is 11.9 Å². The molecule has 0 unspecified atom stereocenters. The number of hydrogen-bond acceptors (Lipinski definition) is 6. The lowest BCUT2D eigenvalue weighted by Gasteiger charge is -2.16. The van der Waals surface area contributed by atoms with Gasteiger partial charge in [-0.25, -0.2) is 9.97 Å². The zero-order chi connectivity index (χ0) is 19.3. The molecular weight excluding hydrogens is 362 g/mol. The summed E-state index contributed by atoms with van der Waals surface area (Å²) in [7, 11) is 0. The van der Waals surface area contributed by atoms with Crippen LogP contribution in [0.2, 0.25) is 0 Å². The van der Waals surface area contributed by atoms with Crippen LogP contribution in [0.15, 0.2) is 30.6 Å². The van der Waals surface area contributed by atoms with Crippen molar-refractivity contribution in [3.63, 3.8) is 0 Å². The number of aliphatic carboxylic acids is 1. The molecule has 1 aliphatic carbocycles. The third kappa shape index (κ3) is 2.94. The summed E-state index contributed by atoms with van der Waals surface area (Å²) in [6.45, 7) is 0.630. The molecule has 2 aliphatic heterocycles. The fourth-order valence-corrected chi connectivity index (χ4v) is 3.88. The lowest BCUT2D eigenvalue weighted by atomic mass is 9.89. The Morgan fingerprint density at radius 3 is 2.54 bits per heavy atom. The van der Waals surface area contributed by atoms with Gasteiger partial charge in [-0.3, -0.25) is 9.59 Å². The predicted octanol–water partition coefficient (Wildman–Crippen LogP) is 2.02. The zero-order valence-corrected chi connectivity index (χ0v) is 15.1. The largest absolute Gasteiger partial charge is 0.481 e. The summed E-state index contributed by atoms with van der Waals surface area (Å²) >= 11 is 0. The molecule has 2 aromatic rings. The molecule has 8 heteroatoms. The number of carboxylic acid groups (broad SMARTS) is 1. The molecule has 2 atom stereocenters. The van der Waals surface area contributed by atoms with Crippen molar-refractivity contribution in [3.05, 3.63) is 47.5 Å². The molecule has 5 rings (SSSR count). The molecule has 28 heavy (non-hydrogen) atoms. The minimum Gasteiger partial charge on any atom is -0.481 e. The van der Waals surface area contributed by atoms with Crippen LogP contribution in [0.25, 0.3) is 0 Å². The highest BCUT2D eigenvalue weighted by Gasteiger charge is 2.41. The lowest BCUT2D eigenvalue weighted by Crippen LogP contribution is -2.30. The van der Waals surface area contributed by atoms with Crippen molar-refractivity contribution < 1.29 is 24.2 Å². The van der Waals surface area contributed by atoms with Gasteiger partial charge in [0.2, 0.25) is 6.79 Å². The molecule has 1 saturated heterocycles. The Morgan fingerprint density at radius 1 is 1.07 bits per heavy atom. The second-order valence-corrected chi connectivity index (χ2v) is 7.48. The molecule has 0 bridgehead atoms. The SMILES string of the molecule is O=C(O)[C@@H]1CN(C(=O)c2cnc(C3CC3)nc2)C[C@H]1c1ccc2c(c1)OCO2. The highest BCUT2D eigenvalue weighted by atomic mass is 16.7. The number of carboxylic acids is 1. The Bertz CT molecular complexity index is 941. The van der Waals surface area contributed by atoms with Crippen molar-refractivity contribution in [2.45, 2.75) is 24.7 Å². The van der Waals surface area contributed by atoms with Crippen LogP contribution in [-0.4, -0.2) is 51.7 Å². The van der Waals surface area contributed by atoms with E-state index in [1.165, 1.54) is 0 Å². The Morgan fingerprint density at radius 2 is 1.82 bits per heavy atom. The highest BCUT2D eigenvalue weighted by molar-refractivity contribution is 5.94. The molecule has 0 radical (unpaired) electrons. The number of fused-ring (bicyclic) bond motifs is 1. The van der Waals surface area contributed by atoms with Crippen LogP contribution < -0.4 is 9.47 Å². The summed E-state index contributed by atoms with van der Waals surface area (Å²) in [5.41, 5.74) is 1.21. The molecule has 1 saturated carbocycles. The number of carbonyl (C=O) groups is 2. The molecular formula is C20H19N3O5. The molecule has 8 nitrogen and oxygen atoms in total. The Kier molecular flexibility index (Phi) is 3.92. The second kappa shape index (κ2) is 6.47. The number of nitrogens with zero attached hydrogens (tertiary/aromatic N) is 3. The monoisotopic (exact) mass is 381 g/mol. The van der Waals surface area contributed by atoms with Crippen LogP contribution in [0.4, 0.5) is 0 Å². The Balaban J connectivity index is 1.37. The smallest absolute Gasteiger partial charge is 0.308 e. The van der Waals surface area contributed by atoms with Gasteiger partial charge in [0, 0.05) is 37.3 Å². The molecule has 1 aromatic heterocycles. The van der Waals surface area contributed by atoms with Crippen molar-refractivity contribution >= 4 is 11.9 Å². The maximum Gasteiger partial charge on any atom is 0.308 e. The van der Waals surface area contributed by atoms with E-state index in [1.54, 1.807) is 23.4 Å². The van der Waals surface area contributed by atoms with Gasteiger partial charge in [-0.2, -0.15) is 0 Å². The number of rotatable bonds is 4. The van der Waals surface area contributed by atoms with E-state index in [0.717, 1.165) is 24.2 Å². The van der Waals surface area contributed by atoms with Gasteiger partial charge in [-0.15, -0.1) is 0 Å². The molecule has 1 N–H and O–H groups in total. The topological polar surface area (TPSA) is 102 Å². The van der Waals surface area contributed by atoms with E-state index in [2.05, 4.69) is 9.97 Å². The van der Waals surface area contributed by atoms with Crippen LogP contribution in [-0.2, 0) is 4.79 Å². The zero-order valence-electron chi connectivity index (χ0n) is 15.1. The molecule has 3 aliphatic rings. The molecule has 3 heterocycles. The first-order valence-corrected chi connectivity index (χ1v) is 9.33. The fraction of sp³-hybridized carbons (Fsp3) is 0.400. The van der Waals surface area contributed by atoms with Gasteiger partial charge in [-0.05, 0) is 30.5 Å². The number of likely N-dealkylation sites (tertiary alicyclic amines) is 1. The minimum absolute atomic E-state index is 0.150. The van der Waals surface area contributed by atoms with Crippen LogP contribution in [0.3, 0.4) is 0 Å². The Labute approximate surface area is 161 Å². The number of hydrogen-bond donors (Lipinski definition) is 1. The minimum atomic E-state index is -0.918. The highest BCUT2D eigenvalue weighted by Crippen LogP contribution is 2.40. The van der Waals surface area contributed by atoms with E-state index in [4.69, 9.17) is 9.47 Å². The molecule has 2 fully saturated rings. The van der Waals surface area contributed by atoms with Crippen LogP contribution in [0.1, 0.15) is 46.4 Å². The summed E-state index contributed by atoms with van der Waals surface area (Å²) in [5.74, 6) is 0.293. The average molecular weight is 381 g/mol. The van der Waals surface area contributed by atoms with E-state index in [1.807, 2.05) is 12.1 Å². The summed E-state index contributed by atoms with van der Waals surface area (Å²) in [4.78, 5) is 34.9. The molecule has 1 amide bonds. The van der Waals surface area contributed by atoms with Crippen LogP contribution in [0, 0.1) is 5.92 Å². The van der Waals surface area contributed by atoms with Gasteiger partial charge < -0.3 is 19.5 Å². The summed E-state index contributed by atoms with van der Waals surface area (Å²) < 4.78 is 10.7. The Hall–Kier alpha value is -3.16. The predicted molar refractivity (Wildman–Crippen MR) is 96.3 cm³/mol. The summed E-state index contributed by atoms with van der Waals surface area (Å²) in [6, 6.07) is 5.44. The number of ether oxygens (including phenoxy) is 2. The van der Waals surface area contributed by atoms with E-state index >= 15 is 0 Å². The first-order valence-electron chi connectivity index (χ1n) is 9.33. The summed E-state index contributed by atoms with van der Waals surface area (Å²) in [5, 5.41) is 9.69. The maximum absolute atomic E-state index is 12.9. The molecule has 144 valence electrons. The van der Waals surface area contributed by atoms with Gasteiger partial charge in [0.1, 0.15) is 5.82 Å². The lowest BCUT2D eigenvalue weighted by molar-refractivity contribution is -0.141.